The molecular formula is C28H28. The Bertz CT molecular complexity index is 1030. The summed E-state index contributed by atoms with van der Waals surface area (Å²) >= 11 is 0. The molecule has 1 unspecified atom stereocenters. The van der Waals surface area contributed by atoms with Gasteiger partial charge >= 0.3 is 0 Å². The van der Waals surface area contributed by atoms with Crippen LogP contribution in [0, 0.1) is 0 Å². The minimum atomic E-state index is -0.347. The molecule has 1 aromatic carbocycles. The second-order valence-electron chi connectivity index (χ2n) is 7.09. The fourth-order valence-corrected chi connectivity index (χ4v) is 4.74. The fourth-order valence-electron chi connectivity index (χ4n) is 4.74. The van der Waals surface area contributed by atoms with Gasteiger partial charge in [0.25, 0.3) is 0 Å². The summed E-state index contributed by atoms with van der Waals surface area (Å²) in [4.78, 5) is 0. The minimum Gasteiger partial charge on any atom is -0.0991 e. The van der Waals surface area contributed by atoms with Crippen LogP contribution in [0.5, 0.6) is 0 Å². The Morgan fingerprint density at radius 2 is 1.39 bits per heavy atom. The Morgan fingerprint density at radius 1 is 0.786 bits per heavy atom. The molecule has 0 nitrogen and oxygen atoms in total. The van der Waals surface area contributed by atoms with Crippen LogP contribution in [0.3, 0.4) is 0 Å². The quantitative estimate of drug-likeness (QED) is 0.456. The third kappa shape index (κ3) is 2.60. The molecule has 2 aliphatic carbocycles. The van der Waals surface area contributed by atoms with Gasteiger partial charge in [-0.2, -0.15) is 0 Å². The minimum absolute atomic E-state index is 0.347. The average Bonchev–Trinajstić information content (AvgIpc) is 3.09. The molecule has 140 valence electrons. The summed E-state index contributed by atoms with van der Waals surface area (Å²) in [5.74, 6) is 0. The van der Waals surface area contributed by atoms with Crippen LogP contribution in [0.25, 0.3) is 5.57 Å². The van der Waals surface area contributed by atoms with E-state index in [1.165, 1.54) is 44.6 Å². The Hall–Kier alpha value is -3.12. The standard InChI is InChI=1S/C28H28/c1-7-11-17-24-20(5)22(10-4)26(15-9-3)28(24)25(18-12-8-2)21(6)23-16-13-14-19-27(23)28/h7-19H,1-2,4H2,3,5-6H3/b15-9-,17-11-,18-12-. The highest BCUT2D eigenvalue weighted by Crippen LogP contribution is 2.61. The molecule has 0 bridgehead atoms. The molecule has 0 heterocycles. The zero-order valence-corrected chi connectivity index (χ0v) is 17.1. The Labute approximate surface area is 169 Å². The van der Waals surface area contributed by atoms with Crippen molar-refractivity contribution in [3.63, 3.8) is 0 Å². The molecule has 0 aromatic heterocycles. The van der Waals surface area contributed by atoms with E-state index in [1.807, 2.05) is 30.4 Å². The van der Waals surface area contributed by atoms with Gasteiger partial charge in [0, 0.05) is 0 Å². The van der Waals surface area contributed by atoms with E-state index in [0.717, 1.165) is 0 Å². The van der Waals surface area contributed by atoms with Crippen LogP contribution < -0.4 is 0 Å². The van der Waals surface area contributed by atoms with Gasteiger partial charge in [-0.15, -0.1) is 0 Å². The maximum Gasteiger partial charge on any atom is 0.0718 e. The largest absolute Gasteiger partial charge is 0.0991 e. The van der Waals surface area contributed by atoms with Crippen LogP contribution in [0.1, 0.15) is 31.9 Å². The van der Waals surface area contributed by atoms with Crippen LogP contribution in [0.2, 0.25) is 0 Å². The predicted octanol–water partition coefficient (Wildman–Crippen LogP) is 7.58. The van der Waals surface area contributed by atoms with Crippen molar-refractivity contribution in [2.24, 2.45) is 0 Å². The second-order valence-corrected chi connectivity index (χ2v) is 7.09. The number of allylic oxidation sites excluding steroid dienone is 15. The summed E-state index contributed by atoms with van der Waals surface area (Å²) < 4.78 is 0. The molecule has 1 spiro atoms. The second kappa shape index (κ2) is 7.86. The molecule has 0 heteroatoms. The van der Waals surface area contributed by atoms with Gasteiger partial charge in [-0.05, 0) is 65.3 Å². The zero-order chi connectivity index (χ0) is 20.3. The van der Waals surface area contributed by atoms with Gasteiger partial charge in [0.2, 0.25) is 0 Å². The highest BCUT2D eigenvalue weighted by Gasteiger charge is 2.51. The third-order valence-corrected chi connectivity index (χ3v) is 5.78. The Kier molecular flexibility index (Phi) is 5.51. The van der Waals surface area contributed by atoms with Crippen LogP contribution in [0.4, 0.5) is 0 Å². The van der Waals surface area contributed by atoms with Gasteiger partial charge in [-0.1, -0.05) is 98.7 Å². The molecule has 0 aliphatic heterocycles. The van der Waals surface area contributed by atoms with Gasteiger partial charge in [0.15, 0.2) is 0 Å². The van der Waals surface area contributed by atoms with Crippen LogP contribution in [-0.2, 0) is 5.41 Å². The lowest BCUT2D eigenvalue weighted by Crippen LogP contribution is -2.28. The molecule has 0 saturated carbocycles. The van der Waals surface area contributed by atoms with Crippen molar-refractivity contribution in [1.82, 2.24) is 0 Å². The normalized spacial score (nSPS) is 21.8. The number of hydrogen-bond donors (Lipinski definition) is 0. The van der Waals surface area contributed by atoms with Gasteiger partial charge < -0.3 is 0 Å². The first-order valence-electron chi connectivity index (χ1n) is 9.70. The predicted molar refractivity (Wildman–Crippen MR) is 124 cm³/mol. The number of rotatable bonds is 6. The topological polar surface area (TPSA) is 0 Å². The zero-order valence-electron chi connectivity index (χ0n) is 17.1. The number of fused-ring (bicyclic) bond motifs is 2. The smallest absolute Gasteiger partial charge is 0.0718 e. The van der Waals surface area contributed by atoms with E-state index in [-0.39, 0.29) is 5.41 Å². The molecular weight excluding hydrogens is 336 g/mol. The molecule has 0 radical (unpaired) electrons. The lowest BCUT2D eigenvalue weighted by Gasteiger charge is -2.34. The molecule has 0 N–H and O–H groups in total. The molecule has 1 atom stereocenters. The molecule has 28 heavy (non-hydrogen) atoms. The lowest BCUT2D eigenvalue weighted by atomic mass is 9.67. The van der Waals surface area contributed by atoms with Crippen molar-refractivity contribution >= 4 is 5.57 Å². The van der Waals surface area contributed by atoms with E-state index < -0.39 is 0 Å². The van der Waals surface area contributed by atoms with Crippen molar-refractivity contribution in [2.75, 3.05) is 0 Å². The Balaban J connectivity index is 2.54. The molecule has 3 rings (SSSR count). The van der Waals surface area contributed by atoms with Gasteiger partial charge in [-0.3, -0.25) is 0 Å². The van der Waals surface area contributed by atoms with Gasteiger partial charge in [0.1, 0.15) is 0 Å². The summed E-state index contributed by atoms with van der Waals surface area (Å²) in [6.45, 7) is 18.4. The van der Waals surface area contributed by atoms with Crippen molar-refractivity contribution in [1.29, 1.82) is 0 Å². The fraction of sp³-hybridized carbons (Fsp3) is 0.143. The van der Waals surface area contributed by atoms with E-state index in [9.17, 15) is 0 Å². The highest BCUT2D eigenvalue weighted by atomic mass is 14.5. The summed E-state index contributed by atoms with van der Waals surface area (Å²) in [7, 11) is 0. The van der Waals surface area contributed by atoms with E-state index >= 15 is 0 Å². The van der Waals surface area contributed by atoms with Gasteiger partial charge in [-0.25, -0.2) is 0 Å². The summed E-state index contributed by atoms with van der Waals surface area (Å²) in [6.07, 6.45) is 18.5. The van der Waals surface area contributed by atoms with Gasteiger partial charge in [0.05, 0.1) is 5.41 Å². The van der Waals surface area contributed by atoms with Crippen molar-refractivity contribution < 1.29 is 0 Å². The van der Waals surface area contributed by atoms with E-state index in [0.29, 0.717) is 0 Å². The van der Waals surface area contributed by atoms with E-state index in [4.69, 9.17) is 0 Å². The van der Waals surface area contributed by atoms with Crippen molar-refractivity contribution in [3.8, 4) is 0 Å². The number of hydrogen-bond acceptors (Lipinski definition) is 0. The maximum absolute atomic E-state index is 4.14. The molecule has 0 fully saturated rings. The monoisotopic (exact) mass is 364 g/mol. The first-order chi connectivity index (χ1) is 13.6. The molecule has 1 aromatic rings. The first-order valence-corrected chi connectivity index (χ1v) is 9.70. The van der Waals surface area contributed by atoms with Crippen LogP contribution >= 0.6 is 0 Å². The summed E-state index contributed by atoms with van der Waals surface area (Å²) in [5, 5.41) is 0. The highest BCUT2D eigenvalue weighted by molar-refractivity contribution is 5.90. The van der Waals surface area contributed by atoms with Crippen LogP contribution in [0.15, 0.2) is 127 Å². The van der Waals surface area contributed by atoms with E-state index in [1.54, 1.807) is 0 Å². The lowest BCUT2D eigenvalue weighted by molar-refractivity contribution is 0.770. The molecule has 2 aliphatic rings. The van der Waals surface area contributed by atoms with E-state index in [2.05, 4.69) is 89.1 Å². The van der Waals surface area contributed by atoms with Crippen LogP contribution in [-0.4, -0.2) is 0 Å². The maximum atomic E-state index is 4.14. The summed E-state index contributed by atoms with van der Waals surface area (Å²) in [5.41, 5.74) is 9.90. The first kappa shape index (κ1) is 19.6. The Morgan fingerprint density at radius 3 is 1.96 bits per heavy atom. The number of benzene rings is 1. The third-order valence-electron chi connectivity index (χ3n) is 5.78. The van der Waals surface area contributed by atoms with Crippen molar-refractivity contribution in [2.45, 2.75) is 26.2 Å². The SMILES string of the molecule is C=C/C=C\C1=C(C)C(C=C)=C(/C=C\C)C12C(/C=C\C=C)=C(C)c1ccccc12. The summed E-state index contributed by atoms with van der Waals surface area (Å²) in [6, 6.07) is 8.74. The molecule has 0 saturated heterocycles. The van der Waals surface area contributed by atoms with Crippen molar-refractivity contribution in [3.05, 3.63) is 138 Å². The average molecular weight is 365 g/mol. The molecule has 0 amide bonds.